The van der Waals surface area contributed by atoms with Gasteiger partial charge in [-0.3, -0.25) is 4.79 Å². The summed E-state index contributed by atoms with van der Waals surface area (Å²) in [4.78, 5) is 10.4. The summed E-state index contributed by atoms with van der Waals surface area (Å²) < 4.78 is 36.6. The molecule has 0 radical (unpaired) electrons. The Morgan fingerprint density at radius 1 is 1.19 bits per heavy atom. The number of rotatable bonds is 4. The molecule has 0 atom stereocenters. The lowest BCUT2D eigenvalue weighted by Gasteiger charge is -2.07. The number of alkyl halides is 3. The Labute approximate surface area is 96.2 Å². The number of carbonyl (C=O) groups excluding carboxylic acids is 1. The SMILES string of the molecule is O=C(Cl)CCCc1ccc(C(F)(F)F)cc1. The maximum absolute atomic E-state index is 12.2. The van der Waals surface area contributed by atoms with Crippen molar-refractivity contribution < 1.29 is 18.0 Å². The molecule has 0 aliphatic rings. The van der Waals surface area contributed by atoms with Crippen molar-refractivity contribution in [3.8, 4) is 0 Å². The Hall–Kier alpha value is -1.03. The summed E-state index contributed by atoms with van der Waals surface area (Å²) in [5, 5.41) is -0.424. The molecule has 1 nitrogen and oxygen atoms in total. The number of hydrogen-bond donors (Lipinski definition) is 0. The van der Waals surface area contributed by atoms with E-state index in [-0.39, 0.29) is 6.42 Å². The summed E-state index contributed by atoms with van der Waals surface area (Å²) in [6.07, 6.45) is -2.96. The molecule has 0 aliphatic heterocycles. The standard InChI is InChI=1S/C11H10ClF3O/c12-10(16)3-1-2-8-4-6-9(7-5-8)11(13,14)15/h4-7H,1-3H2. The lowest BCUT2D eigenvalue weighted by molar-refractivity contribution is -0.137. The normalized spacial score (nSPS) is 11.5. The zero-order chi connectivity index (χ0) is 12.2. The van der Waals surface area contributed by atoms with Gasteiger partial charge in [-0.25, -0.2) is 0 Å². The second-order valence-corrected chi connectivity index (χ2v) is 3.82. The first-order chi connectivity index (χ1) is 7.39. The number of hydrogen-bond acceptors (Lipinski definition) is 1. The molecule has 1 aromatic rings. The van der Waals surface area contributed by atoms with Crippen LogP contribution in [-0.4, -0.2) is 5.24 Å². The molecule has 0 N–H and O–H groups in total. The van der Waals surface area contributed by atoms with Crippen molar-refractivity contribution in [3.05, 3.63) is 35.4 Å². The van der Waals surface area contributed by atoms with Crippen molar-refractivity contribution in [1.82, 2.24) is 0 Å². The molecular formula is C11H10ClF3O. The molecule has 0 saturated carbocycles. The molecular weight excluding hydrogens is 241 g/mol. The average Bonchev–Trinajstić information content (AvgIpc) is 2.16. The Morgan fingerprint density at radius 3 is 2.19 bits per heavy atom. The molecule has 88 valence electrons. The molecule has 1 rings (SSSR count). The summed E-state index contributed by atoms with van der Waals surface area (Å²) >= 11 is 5.14. The van der Waals surface area contributed by atoms with Gasteiger partial charge in [-0.1, -0.05) is 12.1 Å². The van der Waals surface area contributed by atoms with E-state index in [1.807, 2.05) is 0 Å². The van der Waals surface area contributed by atoms with E-state index in [1.54, 1.807) is 0 Å². The summed E-state index contributed by atoms with van der Waals surface area (Å²) in [6, 6.07) is 4.92. The van der Waals surface area contributed by atoms with Gasteiger partial charge in [0.1, 0.15) is 0 Å². The fourth-order valence-corrected chi connectivity index (χ4v) is 1.43. The van der Waals surface area contributed by atoms with E-state index < -0.39 is 17.0 Å². The maximum Gasteiger partial charge on any atom is 0.416 e. The van der Waals surface area contributed by atoms with Crippen LogP contribution >= 0.6 is 11.6 Å². The molecule has 0 fully saturated rings. The van der Waals surface area contributed by atoms with Gasteiger partial charge in [0.15, 0.2) is 0 Å². The third-order valence-electron chi connectivity index (χ3n) is 2.12. The number of aryl methyl sites for hydroxylation is 1. The van der Waals surface area contributed by atoms with Crippen molar-refractivity contribution in [2.45, 2.75) is 25.4 Å². The average molecular weight is 251 g/mol. The van der Waals surface area contributed by atoms with Crippen LogP contribution in [0.4, 0.5) is 13.2 Å². The van der Waals surface area contributed by atoms with Crippen LogP contribution in [0.2, 0.25) is 0 Å². The zero-order valence-corrected chi connectivity index (χ0v) is 9.11. The monoisotopic (exact) mass is 250 g/mol. The molecule has 5 heteroatoms. The molecule has 0 spiro atoms. The van der Waals surface area contributed by atoms with E-state index in [0.29, 0.717) is 12.8 Å². The van der Waals surface area contributed by atoms with Gasteiger partial charge in [-0.05, 0) is 42.1 Å². The fraction of sp³-hybridized carbons (Fsp3) is 0.364. The van der Waals surface area contributed by atoms with Gasteiger partial charge in [-0.15, -0.1) is 0 Å². The zero-order valence-electron chi connectivity index (χ0n) is 8.35. The lowest BCUT2D eigenvalue weighted by atomic mass is 10.1. The molecule has 0 aromatic heterocycles. The van der Waals surface area contributed by atoms with Gasteiger partial charge in [0.2, 0.25) is 5.24 Å². The molecule has 0 saturated heterocycles. The van der Waals surface area contributed by atoms with Gasteiger partial charge < -0.3 is 0 Å². The summed E-state index contributed by atoms with van der Waals surface area (Å²) in [7, 11) is 0. The highest BCUT2D eigenvalue weighted by Gasteiger charge is 2.29. The van der Waals surface area contributed by atoms with Gasteiger partial charge in [-0.2, -0.15) is 13.2 Å². The van der Waals surface area contributed by atoms with Crippen molar-refractivity contribution in [3.63, 3.8) is 0 Å². The second kappa shape index (κ2) is 5.34. The third kappa shape index (κ3) is 4.23. The van der Waals surface area contributed by atoms with Gasteiger partial charge >= 0.3 is 6.18 Å². The summed E-state index contributed by atoms with van der Waals surface area (Å²) in [5.41, 5.74) is 0.107. The number of halogens is 4. The van der Waals surface area contributed by atoms with Crippen LogP contribution in [-0.2, 0) is 17.4 Å². The summed E-state index contributed by atoms with van der Waals surface area (Å²) in [5.74, 6) is 0. The van der Waals surface area contributed by atoms with E-state index >= 15 is 0 Å². The van der Waals surface area contributed by atoms with Crippen molar-refractivity contribution in [2.75, 3.05) is 0 Å². The minimum absolute atomic E-state index is 0.239. The highest BCUT2D eigenvalue weighted by atomic mass is 35.5. The van der Waals surface area contributed by atoms with Crippen LogP contribution in [0.1, 0.15) is 24.0 Å². The minimum Gasteiger partial charge on any atom is -0.281 e. The molecule has 16 heavy (non-hydrogen) atoms. The van der Waals surface area contributed by atoms with Crippen molar-refractivity contribution >= 4 is 16.8 Å². The molecule has 0 aliphatic carbocycles. The van der Waals surface area contributed by atoms with Crippen LogP contribution in [0.15, 0.2) is 24.3 Å². The van der Waals surface area contributed by atoms with Crippen LogP contribution < -0.4 is 0 Å². The lowest BCUT2D eigenvalue weighted by Crippen LogP contribution is -2.04. The highest BCUT2D eigenvalue weighted by Crippen LogP contribution is 2.29. The Morgan fingerprint density at radius 2 is 1.75 bits per heavy atom. The smallest absolute Gasteiger partial charge is 0.281 e. The van der Waals surface area contributed by atoms with E-state index in [0.717, 1.165) is 17.7 Å². The number of carbonyl (C=O) groups is 1. The first-order valence-corrected chi connectivity index (χ1v) is 5.12. The maximum atomic E-state index is 12.2. The Kier molecular flexibility index (Phi) is 4.35. The predicted molar refractivity (Wildman–Crippen MR) is 55.2 cm³/mol. The van der Waals surface area contributed by atoms with E-state index in [2.05, 4.69) is 0 Å². The van der Waals surface area contributed by atoms with Crippen LogP contribution in [0, 0.1) is 0 Å². The van der Waals surface area contributed by atoms with Gasteiger partial charge in [0, 0.05) is 6.42 Å². The largest absolute Gasteiger partial charge is 0.416 e. The van der Waals surface area contributed by atoms with E-state index in [1.165, 1.54) is 12.1 Å². The van der Waals surface area contributed by atoms with E-state index in [9.17, 15) is 18.0 Å². The quantitative estimate of drug-likeness (QED) is 0.743. The van der Waals surface area contributed by atoms with Crippen molar-refractivity contribution in [2.24, 2.45) is 0 Å². The van der Waals surface area contributed by atoms with Gasteiger partial charge in [0.25, 0.3) is 0 Å². The molecule has 0 unspecified atom stereocenters. The summed E-state index contributed by atoms with van der Waals surface area (Å²) in [6.45, 7) is 0. The topological polar surface area (TPSA) is 17.1 Å². The Bertz CT molecular complexity index is 356. The highest BCUT2D eigenvalue weighted by molar-refractivity contribution is 6.63. The molecule has 0 bridgehead atoms. The molecule has 0 heterocycles. The first kappa shape index (κ1) is 13.0. The predicted octanol–water partition coefficient (Wildman–Crippen LogP) is 3.79. The van der Waals surface area contributed by atoms with Crippen LogP contribution in [0.25, 0.3) is 0 Å². The third-order valence-corrected chi connectivity index (χ3v) is 2.31. The van der Waals surface area contributed by atoms with Gasteiger partial charge in [0.05, 0.1) is 5.56 Å². The molecule has 1 aromatic carbocycles. The van der Waals surface area contributed by atoms with Crippen LogP contribution in [0.5, 0.6) is 0 Å². The second-order valence-electron chi connectivity index (χ2n) is 3.40. The fourth-order valence-electron chi connectivity index (χ4n) is 1.29. The van der Waals surface area contributed by atoms with Crippen LogP contribution in [0.3, 0.4) is 0 Å². The van der Waals surface area contributed by atoms with Crippen molar-refractivity contribution in [1.29, 1.82) is 0 Å². The number of benzene rings is 1. The Balaban J connectivity index is 2.55. The minimum atomic E-state index is -4.30. The first-order valence-electron chi connectivity index (χ1n) is 4.74. The van der Waals surface area contributed by atoms with E-state index in [4.69, 9.17) is 11.6 Å². The molecule has 0 amide bonds.